The highest BCUT2D eigenvalue weighted by Gasteiger charge is 2.36. The molecule has 0 saturated carbocycles. The van der Waals surface area contributed by atoms with Crippen molar-refractivity contribution in [3.63, 3.8) is 0 Å². The quantitative estimate of drug-likeness (QED) is 0.184. The minimum atomic E-state index is -0.00488. The molecule has 0 bridgehead atoms. The molecule has 224 valence electrons. The second-order valence-electron chi connectivity index (χ2n) is 13.3. The normalized spacial score (nSPS) is 14.9. The summed E-state index contributed by atoms with van der Waals surface area (Å²) in [5.41, 5.74) is 15.8. The third-order valence-electron chi connectivity index (χ3n) is 10.2. The molecule has 2 aliphatic carbocycles. The van der Waals surface area contributed by atoms with Gasteiger partial charge >= 0.3 is 0 Å². The van der Waals surface area contributed by atoms with Gasteiger partial charge in [-0.2, -0.15) is 0 Å². The van der Waals surface area contributed by atoms with E-state index in [1.54, 1.807) is 0 Å². The first-order valence-electron chi connectivity index (χ1n) is 16.5. The van der Waals surface area contributed by atoms with E-state index >= 15 is 0 Å². The Bertz CT molecular complexity index is 2440. The van der Waals surface area contributed by atoms with E-state index in [4.69, 9.17) is 0 Å². The highest BCUT2D eigenvalue weighted by atomic mass is 32.1. The molecule has 47 heavy (non-hydrogen) atoms. The number of hydrogen-bond acceptors (Lipinski definition) is 1. The fourth-order valence-electron chi connectivity index (χ4n) is 7.69. The number of rotatable bonds is 4. The molecule has 9 rings (SSSR count). The number of thiophene rings is 1. The first kappa shape index (κ1) is 28.0. The molecule has 0 spiro atoms. The summed E-state index contributed by atoms with van der Waals surface area (Å²) >= 11 is 1.89. The minimum absolute atomic E-state index is 0.00488. The zero-order valence-electron chi connectivity index (χ0n) is 26.6. The molecular weight excluding hydrogens is 585 g/mol. The van der Waals surface area contributed by atoms with Crippen molar-refractivity contribution in [2.45, 2.75) is 25.7 Å². The maximum Gasteiger partial charge on any atom is 0.0433 e. The summed E-state index contributed by atoms with van der Waals surface area (Å²) in [6, 6.07) is 49.5. The predicted octanol–water partition coefficient (Wildman–Crippen LogP) is 13.3. The minimum Gasteiger partial charge on any atom is -0.135 e. The highest BCUT2D eigenvalue weighted by Crippen LogP contribution is 2.50. The Morgan fingerprint density at radius 3 is 1.89 bits per heavy atom. The zero-order valence-corrected chi connectivity index (χ0v) is 27.4. The maximum atomic E-state index is 2.43. The van der Waals surface area contributed by atoms with Crippen LogP contribution < -0.4 is 0 Å². The average molecular weight is 619 g/mol. The Morgan fingerprint density at radius 2 is 1.13 bits per heavy atom. The Hall–Kier alpha value is -5.24. The van der Waals surface area contributed by atoms with E-state index in [2.05, 4.69) is 172 Å². The lowest BCUT2D eigenvalue weighted by molar-refractivity contribution is 0.654. The number of hydrogen-bond donors (Lipinski definition) is 0. The molecule has 0 unspecified atom stereocenters. The summed E-state index contributed by atoms with van der Waals surface area (Å²) in [6.45, 7) is 4.74. The fourth-order valence-corrected chi connectivity index (χ4v) is 8.93. The molecule has 1 heterocycles. The molecular formula is C46H34S. The molecule has 1 heteroatoms. The standard InChI is InChI=1S/C46H34S/c1-46(2)42-19-5-3-4-15-38(42)39-26-25-36(29-43(39)46)35-14-9-13-34(28-35)33-12-8-11-32(27-33)30-21-23-31(24-22-30)37-17-10-18-41-40-16-6-7-20-44(40)47-45(37)41/h3-14,16-29H,15H2,1-2H3. The van der Waals surface area contributed by atoms with Gasteiger partial charge < -0.3 is 0 Å². The van der Waals surface area contributed by atoms with E-state index in [1.165, 1.54) is 87.0 Å². The summed E-state index contributed by atoms with van der Waals surface area (Å²) < 4.78 is 2.70. The van der Waals surface area contributed by atoms with Crippen LogP contribution in [0.15, 0.2) is 163 Å². The third kappa shape index (κ3) is 4.65. The van der Waals surface area contributed by atoms with Crippen LogP contribution in [0.5, 0.6) is 0 Å². The zero-order chi connectivity index (χ0) is 31.5. The van der Waals surface area contributed by atoms with Gasteiger partial charge in [-0.05, 0) is 97.5 Å². The summed E-state index contributed by atoms with van der Waals surface area (Å²) in [7, 11) is 0. The van der Waals surface area contributed by atoms with Crippen LogP contribution in [0.25, 0.3) is 70.3 Å². The number of allylic oxidation sites excluding steroid dienone is 6. The predicted molar refractivity (Wildman–Crippen MR) is 204 cm³/mol. The lowest BCUT2D eigenvalue weighted by Gasteiger charge is -2.23. The topological polar surface area (TPSA) is 0 Å². The highest BCUT2D eigenvalue weighted by molar-refractivity contribution is 7.26. The molecule has 0 saturated heterocycles. The van der Waals surface area contributed by atoms with E-state index < -0.39 is 0 Å². The molecule has 7 aromatic rings. The molecule has 1 aromatic heterocycles. The van der Waals surface area contributed by atoms with Crippen molar-refractivity contribution in [1.82, 2.24) is 0 Å². The van der Waals surface area contributed by atoms with Crippen molar-refractivity contribution in [2.24, 2.45) is 0 Å². The summed E-state index contributed by atoms with van der Waals surface area (Å²) in [4.78, 5) is 0. The molecule has 0 nitrogen and oxygen atoms in total. The van der Waals surface area contributed by atoms with Gasteiger partial charge in [0.25, 0.3) is 0 Å². The average Bonchev–Trinajstić information content (AvgIpc) is 3.45. The van der Waals surface area contributed by atoms with E-state index in [1.807, 2.05) is 11.3 Å². The van der Waals surface area contributed by atoms with Gasteiger partial charge in [0, 0.05) is 25.6 Å². The van der Waals surface area contributed by atoms with Gasteiger partial charge in [-0.1, -0.05) is 147 Å². The number of fused-ring (bicyclic) bond motifs is 5. The van der Waals surface area contributed by atoms with E-state index in [-0.39, 0.29) is 5.41 Å². The molecule has 6 aromatic carbocycles. The Morgan fingerprint density at radius 1 is 0.511 bits per heavy atom. The van der Waals surface area contributed by atoms with Crippen molar-refractivity contribution in [3.05, 3.63) is 174 Å². The molecule has 0 radical (unpaired) electrons. The van der Waals surface area contributed by atoms with Crippen LogP contribution in [0, 0.1) is 0 Å². The first-order chi connectivity index (χ1) is 23.0. The van der Waals surface area contributed by atoms with Crippen LogP contribution in [0.1, 0.15) is 31.4 Å². The summed E-state index contributed by atoms with van der Waals surface area (Å²) in [5, 5.41) is 2.68. The van der Waals surface area contributed by atoms with E-state index in [0.29, 0.717) is 0 Å². The molecule has 0 fully saturated rings. The maximum absolute atomic E-state index is 2.43. The van der Waals surface area contributed by atoms with Gasteiger partial charge in [-0.3, -0.25) is 0 Å². The van der Waals surface area contributed by atoms with E-state index in [0.717, 1.165) is 6.42 Å². The van der Waals surface area contributed by atoms with Crippen molar-refractivity contribution >= 4 is 37.1 Å². The first-order valence-corrected chi connectivity index (χ1v) is 17.3. The third-order valence-corrected chi connectivity index (χ3v) is 11.4. The van der Waals surface area contributed by atoms with Crippen LogP contribution in [-0.2, 0) is 5.41 Å². The molecule has 2 aliphatic rings. The largest absolute Gasteiger partial charge is 0.135 e. The van der Waals surface area contributed by atoms with Crippen LogP contribution >= 0.6 is 11.3 Å². The van der Waals surface area contributed by atoms with Crippen molar-refractivity contribution in [1.29, 1.82) is 0 Å². The smallest absolute Gasteiger partial charge is 0.0433 e. The van der Waals surface area contributed by atoms with Crippen molar-refractivity contribution in [3.8, 4) is 44.5 Å². The van der Waals surface area contributed by atoms with Crippen LogP contribution in [0.3, 0.4) is 0 Å². The summed E-state index contributed by atoms with van der Waals surface area (Å²) in [5.74, 6) is 0. The fraction of sp³-hybridized carbons (Fsp3) is 0.0870. The molecule has 0 atom stereocenters. The Kier molecular flexibility index (Phi) is 6.52. The van der Waals surface area contributed by atoms with Gasteiger partial charge in [0.1, 0.15) is 0 Å². The van der Waals surface area contributed by atoms with Crippen LogP contribution in [0.4, 0.5) is 0 Å². The lowest BCUT2D eigenvalue weighted by Crippen LogP contribution is -2.16. The monoisotopic (exact) mass is 618 g/mol. The van der Waals surface area contributed by atoms with Crippen LogP contribution in [-0.4, -0.2) is 0 Å². The SMILES string of the molecule is CC1(C)C2=C(CC=CC=C2)c2ccc(-c3cccc(-c4cccc(-c5ccc(-c6cccc7c6sc6ccccc67)cc5)c4)c3)cc21. The van der Waals surface area contributed by atoms with Gasteiger partial charge in [0.05, 0.1) is 0 Å². The summed E-state index contributed by atoms with van der Waals surface area (Å²) in [6.07, 6.45) is 9.94. The van der Waals surface area contributed by atoms with Gasteiger partial charge in [-0.15, -0.1) is 11.3 Å². The Labute approximate surface area is 280 Å². The van der Waals surface area contributed by atoms with Crippen molar-refractivity contribution in [2.75, 3.05) is 0 Å². The number of benzene rings is 6. The lowest BCUT2D eigenvalue weighted by atomic mass is 9.80. The van der Waals surface area contributed by atoms with Gasteiger partial charge in [0.15, 0.2) is 0 Å². The van der Waals surface area contributed by atoms with E-state index in [9.17, 15) is 0 Å². The van der Waals surface area contributed by atoms with Gasteiger partial charge in [-0.25, -0.2) is 0 Å². The Balaban J connectivity index is 1.02. The van der Waals surface area contributed by atoms with Crippen LogP contribution in [0.2, 0.25) is 0 Å². The molecule has 0 N–H and O–H groups in total. The second kappa shape index (κ2) is 10.9. The molecule has 0 amide bonds. The second-order valence-corrected chi connectivity index (χ2v) is 14.3. The van der Waals surface area contributed by atoms with Gasteiger partial charge in [0.2, 0.25) is 0 Å². The molecule has 0 aliphatic heterocycles. The van der Waals surface area contributed by atoms with Crippen molar-refractivity contribution < 1.29 is 0 Å².